The molecule has 1 aromatic carbocycles. The predicted octanol–water partition coefficient (Wildman–Crippen LogP) is 4.87. The number of benzene rings is 1. The van der Waals surface area contributed by atoms with Crippen molar-refractivity contribution in [3.63, 3.8) is 0 Å². The fourth-order valence-corrected chi connectivity index (χ4v) is 7.99. The smallest absolute Gasteiger partial charge is 0.313 e. The van der Waals surface area contributed by atoms with Gasteiger partial charge in [0, 0.05) is 32.2 Å². The molecule has 10 nitrogen and oxygen atoms in total. The van der Waals surface area contributed by atoms with E-state index in [0.717, 1.165) is 31.2 Å². The molecule has 3 saturated heterocycles. The minimum Gasteiger partial charge on any atom is -0.455 e. The van der Waals surface area contributed by atoms with E-state index in [0.29, 0.717) is 45.2 Å². The fourth-order valence-electron chi connectivity index (χ4n) is 7.99. The summed E-state index contributed by atoms with van der Waals surface area (Å²) in [6.45, 7) is 14.3. The first-order chi connectivity index (χ1) is 23.1. The average Bonchev–Trinajstić information content (AvgIpc) is 3.72. The second-order valence-electron chi connectivity index (χ2n) is 13.6. The Morgan fingerprint density at radius 1 is 1.15 bits per heavy atom. The van der Waals surface area contributed by atoms with E-state index in [-0.39, 0.29) is 36.8 Å². The van der Waals surface area contributed by atoms with Crippen molar-refractivity contribution in [2.24, 2.45) is 11.8 Å². The van der Waals surface area contributed by atoms with E-state index in [9.17, 15) is 24.3 Å². The molecule has 3 fully saturated rings. The standard InChI is InChI=1S/C38H55N3O7/c1-6-9-20-30(43)39-27(5)33(28-18-13-12-14-19-28)47-37(46)31-29-21-22-38(48-29)32(31)35(44)41(24-15-10-11-16-25-42)34(38)36(45)40(23-8-3)26(4)17-7-2/h6,8,12-14,18-19,26-27,29,31-34,42H,1,3,7,9-11,15-17,20-25H2,2,4-5H3,(H,39,43)/t26?,27-,29+,31-,32-,33-,34+,38-/m0/s1. The number of allylic oxidation sites excluding steroid dienone is 1. The second-order valence-corrected chi connectivity index (χ2v) is 13.6. The quantitative estimate of drug-likeness (QED) is 0.116. The topological polar surface area (TPSA) is 125 Å². The van der Waals surface area contributed by atoms with Gasteiger partial charge in [0.1, 0.15) is 17.7 Å². The molecule has 2 bridgehead atoms. The van der Waals surface area contributed by atoms with Gasteiger partial charge in [-0.05, 0) is 57.9 Å². The van der Waals surface area contributed by atoms with Crippen LogP contribution in [0.1, 0.15) is 96.6 Å². The monoisotopic (exact) mass is 665 g/mol. The Labute approximate surface area is 285 Å². The molecule has 3 heterocycles. The van der Waals surface area contributed by atoms with E-state index in [1.165, 1.54) is 0 Å². The summed E-state index contributed by atoms with van der Waals surface area (Å²) in [6, 6.07) is 7.80. The molecule has 3 aliphatic heterocycles. The van der Waals surface area contributed by atoms with Gasteiger partial charge in [-0.3, -0.25) is 19.2 Å². The summed E-state index contributed by atoms with van der Waals surface area (Å²) in [5.41, 5.74) is -0.410. The maximum absolute atomic E-state index is 14.6. The van der Waals surface area contributed by atoms with Crippen molar-refractivity contribution >= 4 is 23.7 Å². The summed E-state index contributed by atoms with van der Waals surface area (Å²) in [5.74, 6) is -2.88. The van der Waals surface area contributed by atoms with Gasteiger partial charge in [-0.25, -0.2) is 0 Å². The molecule has 0 aromatic heterocycles. The maximum Gasteiger partial charge on any atom is 0.313 e. The molecule has 3 amide bonds. The number of rotatable bonds is 20. The molecule has 3 aliphatic rings. The lowest BCUT2D eigenvalue weighted by molar-refractivity contribution is -0.162. The first kappa shape index (κ1) is 37.3. The lowest BCUT2D eigenvalue weighted by atomic mass is 9.70. The Balaban J connectivity index is 1.65. The van der Waals surface area contributed by atoms with E-state index in [4.69, 9.17) is 9.47 Å². The van der Waals surface area contributed by atoms with Crippen molar-refractivity contribution in [2.45, 2.75) is 121 Å². The number of hydrogen-bond acceptors (Lipinski definition) is 7. The highest BCUT2D eigenvalue weighted by Crippen LogP contribution is 2.59. The number of ether oxygens (including phenoxy) is 2. The van der Waals surface area contributed by atoms with Crippen LogP contribution in [0.4, 0.5) is 0 Å². The SMILES string of the molecule is C=CCCC(=O)N[C@@H](C)[C@H](OC(=O)[C@@H]1[C@H]2C(=O)N(CCCCCCO)[C@H](C(=O)N(CC=C)C(C)CCC)[C@]23CC[C@H]1O3)c1ccccc1. The van der Waals surface area contributed by atoms with Crippen LogP contribution in [0.2, 0.25) is 0 Å². The van der Waals surface area contributed by atoms with Gasteiger partial charge in [0.05, 0.1) is 24.0 Å². The lowest BCUT2D eigenvalue weighted by Crippen LogP contribution is -2.57. The van der Waals surface area contributed by atoms with Crippen LogP contribution >= 0.6 is 0 Å². The highest BCUT2D eigenvalue weighted by Gasteiger charge is 2.75. The Morgan fingerprint density at radius 2 is 1.88 bits per heavy atom. The lowest BCUT2D eigenvalue weighted by Gasteiger charge is -2.39. The molecule has 0 aliphatic carbocycles. The van der Waals surface area contributed by atoms with Crippen LogP contribution in [0.15, 0.2) is 55.6 Å². The van der Waals surface area contributed by atoms with Crippen LogP contribution < -0.4 is 5.32 Å². The Kier molecular flexibility index (Phi) is 13.4. The highest BCUT2D eigenvalue weighted by molar-refractivity contribution is 5.98. The summed E-state index contributed by atoms with van der Waals surface area (Å²) in [7, 11) is 0. The molecule has 8 atom stereocenters. The molecule has 2 N–H and O–H groups in total. The summed E-state index contributed by atoms with van der Waals surface area (Å²) >= 11 is 0. The molecule has 264 valence electrons. The third kappa shape index (κ3) is 7.86. The minimum absolute atomic E-state index is 0.0633. The third-order valence-electron chi connectivity index (χ3n) is 10.3. The molecular weight excluding hydrogens is 610 g/mol. The van der Waals surface area contributed by atoms with Gasteiger partial charge in [0.15, 0.2) is 0 Å². The van der Waals surface area contributed by atoms with Crippen molar-refractivity contribution in [1.82, 2.24) is 15.1 Å². The zero-order chi connectivity index (χ0) is 34.8. The fraction of sp³-hybridized carbons (Fsp3) is 0.632. The average molecular weight is 666 g/mol. The van der Waals surface area contributed by atoms with Crippen molar-refractivity contribution in [1.29, 1.82) is 0 Å². The Hall–Kier alpha value is -3.50. The number of nitrogens with one attached hydrogen (secondary N) is 1. The zero-order valence-electron chi connectivity index (χ0n) is 29.0. The number of amides is 3. The number of carbonyl (C=O) groups excluding carboxylic acids is 4. The molecule has 0 saturated carbocycles. The predicted molar refractivity (Wildman–Crippen MR) is 183 cm³/mol. The number of hydrogen-bond donors (Lipinski definition) is 2. The van der Waals surface area contributed by atoms with Gasteiger partial charge in [-0.2, -0.15) is 0 Å². The van der Waals surface area contributed by atoms with Gasteiger partial charge in [0.2, 0.25) is 17.7 Å². The normalized spacial score (nSPS) is 26.0. The van der Waals surface area contributed by atoms with Crippen molar-refractivity contribution in [2.75, 3.05) is 19.7 Å². The van der Waals surface area contributed by atoms with Gasteiger partial charge in [-0.1, -0.05) is 68.7 Å². The summed E-state index contributed by atoms with van der Waals surface area (Å²) in [6.07, 6.45) is 8.55. The number of nitrogens with zero attached hydrogens (tertiary/aromatic N) is 2. The largest absolute Gasteiger partial charge is 0.455 e. The van der Waals surface area contributed by atoms with Gasteiger partial charge in [-0.15, -0.1) is 13.2 Å². The maximum atomic E-state index is 14.6. The van der Waals surface area contributed by atoms with Crippen LogP contribution in [0.5, 0.6) is 0 Å². The molecule has 10 heteroatoms. The molecule has 1 aromatic rings. The summed E-state index contributed by atoms with van der Waals surface area (Å²) < 4.78 is 12.9. The molecule has 0 radical (unpaired) electrons. The molecule has 48 heavy (non-hydrogen) atoms. The van der Waals surface area contributed by atoms with Crippen molar-refractivity contribution < 1.29 is 33.8 Å². The number of carbonyl (C=O) groups is 4. The Bertz CT molecular complexity index is 1290. The van der Waals surface area contributed by atoms with E-state index in [2.05, 4.69) is 25.4 Å². The van der Waals surface area contributed by atoms with Crippen LogP contribution in [-0.4, -0.2) is 88.1 Å². The summed E-state index contributed by atoms with van der Waals surface area (Å²) in [4.78, 5) is 59.4. The number of aliphatic hydroxyl groups is 1. The third-order valence-corrected chi connectivity index (χ3v) is 10.3. The van der Waals surface area contributed by atoms with Gasteiger partial charge < -0.3 is 29.7 Å². The molecular formula is C38H55N3O7. The number of aliphatic hydroxyl groups excluding tert-OH is 1. The minimum atomic E-state index is -1.13. The zero-order valence-corrected chi connectivity index (χ0v) is 29.0. The van der Waals surface area contributed by atoms with Crippen molar-refractivity contribution in [3.05, 3.63) is 61.2 Å². The van der Waals surface area contributed by atoms with Crippen molar-refractivity contribution in [3.8, 4) is 0 Å². The van der Waals surface area contributed by atoms with E-state index in [1.807, 2.05) is 37.3 Å². The van der Waals surface area contributed by atoms with Gasteiger partial charge >= 0.3 is 5.97 Å². The number of esters is 1. The number of likely N-dealkylation sites (tertiary alicyclic amines) is 1. The van der Waals surface area contributed by atoms with Crippen LogP contribution in [0, 0.1) is 11.8 Å². The second kappa shape index (κ2) is 17.2. The number of unbranched alkanes of at least 4 members (excludes halogenated alkanes) is 3. The van der Waals surface area contributed by atoms with Crippen LogP contribution in [-0.2, 0) is 28.7 Å². The highest BCUT2D eigenvalue weighted by atomic mass is 16.6. The summed E-state index contributed by atoms with van der Waals surface area (Å²) in [5, 5.41) is 12.2. The van der Waals surface area contributed by atoms with E-state index in [1.54, 1.807) is 28.9 Å². The molecule has 1 spiro atoms. The van der Waals surface area contributed by atoms with E-state index >= 15 is 0 Å². The Morgan fingerprint density at radius 3 is 2.54 bits per heavy atom. The van der Waals surface area contributed by atoms with Crippen LogP contribution in [0.25, 0.3) is 0 Å². The first-order valence-corrected chi connectivity index (χ1v) is 17.8. The molecule has 4 rings (SSSR count). The van der Waals surface area contributed by atoms with E-state index < -0.39 is 47.7 Å². The molecule has 1 unspecified atom stereocenters. The van der Waals surface area contributed by atoms with Gasteiger partial charge in [0.25, 0.3) is 0 Å². The van der Waals surface area contributed by atoms with Crippen LogP contribution in [0.3, 0.4) is 0 Å². The number of fused-ring (bicyclic) bond motifs is 1. The first-order valence-electron chi connectivity index (χ1n) is 17.8.